The number of pyridine rings is 2. The van der Waals surface area contributed by atoms with E-state index in [-0.39, 0.29) is 33.6 Å². The van der Waals surface area contributed by atoms with Crippen LogP contribution in [0.1, 0.15) is 5.69 Å². The number of nitrogens with one attached hydrogen (secondary N) is 1. The summed E-state index contributed by atoms with van der Waals surface area (Å²) in [5.74, 6) is 0. The molecule has 0 unspecified atom stereocenters. The number of hydrogen-bond donors (Lipinski definition) is 1. The van der Waals surface area contributed by atoms with E-state index in [4.69, 9.17) is 0 Å². The van der Waals surface area contributed by atoms with Crippen LogP contribution in [0.15, 0.2) is 80.2 Å². The fourth-order valence-electron chi connectivity index (χ4n) is 3.25. The average molecular weight is 424 g/mol. The van der Waals surface area contributed by atoms with Gasteiger partial charge >= 0.3 is 5.69 Å². The molecule has 4 aromatic rings. The van der Waals surface area contributed by atoms with Crippen molar-refractivity contribution in [1.82, 2.24) is 19.1 Å². The monoisotopic (exact) mass is 424 g/mol. The van der Waals surface area contributed by atoms with Crippen LogP contribution in [-0.2, 0) is 16.4 Å². The van der Waals surface area contributed by atoms with E-state index in [0.29, 0.717) is 5.69 Å². The second kappa shape index (κ2) is 7.23. The number of aromatic amines is 1. The highest BCUT2D eigenvalue weighted by Gasteiger charge is 2.21. The van der Waals surface area contributed by atoms with Crippen LogP contribution >= 0.6 is 0 Å². The molecule has 0 saturated heterocycles. The van der Waals surface area contributed by atoms with Crippen LogP contribution in [0.3, 0.4) is 0 Å². The largest absolute Gasteiger partial charge is 0.363 e. The molecule has 0 saturated carbocycles. The molecule has 4 rings (SSSR count). The lowest BCUT2D eigenvalue weighted by molar-refractivity contribution is 0.600. The first kappa shape index (κ1) is 19.5. The van der Waals surface area contributed by atoms with Crippen molar-refractivity contribution in [2.75, 3.05) is 6.26 Å². The zero-order valence-corrected chi connectivity index (χ0v) is 16.6. The van der Waals surface area contributed by atoms with E-state index in [2.05, 4.69) is 9.97 Å². The summed E-state index contributed by atoms with van der Waals surface area (Å²) in [5, 5.41) is 0.138. The van der Waals surface area contributed by atoms with Gasteiger partial charge in [0, 0.05) is 36.5 Å². The molecule has 152 valence electrons. The van der Waals surface area contributed by atoms with Gasteiger partial charge in [-0.25, -0.2) is 22.8 Å². The van der Waals surface area contributed by atoms with Crippen LogP contribution in [-0.4, -0.2) is 33.8 Å². The molecule has 1 N–H and O–H groups in total. The third-order valence-electron chi connectivity index (χ3n) is 4.56. The van der Waals surface area contributed by atoms with E-state index < -0.39 is 21.1 Å². The summed E-state index contributed by atoms with van der Waals surface area (Å²) < 4.78 is 26.7. The predicted octanol–water partition coefficient (Wildman–Crippen LogP) is 0.687. The summed E-state index contributed by atoms with van der Waals surface area (Å²) in [6.07, 6.45) is 3.87. The molecule has 3 heterocycles. The molecule has 30 heavy (non-hydrogen) atoms. The van der Waals surface area contributed by atoms with Crippen LogP contribution < -0.4 is 16.7 Å². The normalized spacial score (nSPS) is 11.6. The van der Waals surface area contributed by atoms with Gasteiger partial charge in [-0.2, -0.15) is 0 Å². The number of H-pyrrole nitrogens is 1. The van der Waals surface area contributed by atoms with Gasteiger partial charge in [0.15, 0.2) is 20.9 Å². The van der Waals surface area contributed by atoms with Crippen molar-refractivity contribution < 1.29 is 8.42 Å². The van der Waals surface area contributed by atoms with Crippen molar-refractivity contribution in [3.8, 4) is 5.69 Å². The lowest BCUT2D eigenvalue weighted by Crippen LogP contribution is -2.40. The maximum Gasteiger partial charge on any atom is 0.337 e. The Balaban J connectivity index is 2.11. The second-order valence-electron chi connectivity index (χ2n) is 6.67. The van der Waals surface area contributed by atoms with Gasteiger partial charge in [0.05, 0.1) is 22.5 Å². The quantitative estimate of drug-likeness (QED) is 0.514. The van der Waals surface area contributed by atoms with E-state index in [1.807, 2.05) is 0 Å². The number of rotatable bonds is 4. The first-order valence-corrected chi connectivity index (χ1v) is 10.7. The van der Waals surface area contributed by atoms with Crippen LogP contribution in [0.5, 0.6) is 0 Å². The van der Waals surface area contributed by atoms with Crippen LogP contribution in [0.4, 0.5) is 0 Å². The number of benzene rings is 1. The maximum absolute atomic E-state index is 13.4. The van der Waals surface area contributed by atoms with Gasteiger partial charge in [0.25, 0.3) is 5.56 Å². The highest BCUT2D eigenvalue weighted by atomic mass is 32.2. The molecule has 0 amide bonds. The Morgan fingerprint density at radius 1 is 1.03 bits per heavy atom. The lowest BCUT2D eigenvalue weighted by atomic mass is 10.2. The molecular weight excluding hydrogens is 408 g/mol. The minimum absolute atomic E-state index is 0.0430. The lowest BCUT2D eigenvalue weighted by Gasteiger charge is -2.15. The molecule has 0 aliphatic rings. The zero-order chi connectivity index (χ0) is 21.5. The molecule has 0 fully saturated rings. The Hall–Kier alpha value is -3.79. The van der Waals surface area contributed by atoms with Crippen molar-refractivity contribution in [3.05, 3.63) is 97.7 Å². The van der Waals surface area contributed by atoms with Gasteiger partial charge in [-0.05, 0) is 24.3 Å². The molecule has 0 bridgehead atoms. The van der Waals surface area contributed by atoms with Crippen LogP contribution in [0.25, 0.3) is 16.7 Å². The number of aromatic nitrogens is 4. The molecule has 9 nitrogen and oxygen atoms in total. The first-order valence-electron chi connectivity index (χ1n) is 8.85. The predicted molar refractivity (Wildman–Crippen MR) is 111 cm³/mol. The zero-order valence-electron chi connectivity index (χ0n) is 15.8. The van der Waals surface area contributed by atoms with Gasteiger partial charge in [-0.3, -0.25) is 14.2 Å². The number of para-hydroxylation sites is 1. The summed E-state index contributed by atoms with van der Waals surface area (Å²) in [6.45, 7) is -0.195. The highest BCUT2D eigenvalue weighted by Crippen LogP contribution is 2.20. The van der Waals surface area contributed by atoms with Crippen LogP contribution in [0, 0.1) is 0 Å². The summed E-state index contributed by atoms with van der Waals surface area (Å²) in [5.41, 5.74) is -1.16. The van der Waals surface area contributed by atoms with E-state index in [1.165, 1.54) is 42.7 Å². The molecule has 0 aliphatic carbocycles. The van der Waals surface area contributed by atoms with Gasteiger partial charge in [-0.15, -0.1) is 0 Å². The second-order valence-corrected chi connectivity index (χ2v) is 8.66. The smallest absolute Gasteiger partial charge is 0.337 e. The van der Waals surface area contributed by atoms with Crippen molar-refractivity contribution in [3.63, 3.8) is 0 Å². The Bertz CT molecular complexity index is 1560. The Kier molecular flexibility index (Phi) is 4.70. The summed E-state index contributed by atoms with van der Waals surface area (Å²) in [7, 11) is -3.68. The molecule has 0 aliphatic heterocycles. The number of hydrogen-bond acceptors (Lipinski definition) is 6. The molecule has 0 atom stereocenters. The Morgan fingerprint density at radius 2 is 1.80 bits per heavy atom. The third kappa shape index (κ3) is 3.37. The van der Waals surface area contributed by atoms with Crippen molar-refractivity contribution >= 4 is 20.9 Å². The van der Waals surface area contributed by atoms with Crippen LogP contribution in [0.2, 0.25) is 0 Å². The topological polar surface area (TPSA) is 124 Å². The SMILES string of the molecule is CS(=O)(=O)c1ccccc1-n1c(=O)n(Cc2cc(=O)cc[nH]2)c(=O)c2cccnc21. The van der Waals surface area contributed by atoms with Gasteiger partial charge < -0.3 is 4.98 Å². The van der Waals surface area contributed by atoms with E-state index in [9.17, 15) is 22.8 Å². The molecule has 3 aromatic heterocycles. The number of sulfone groups is 1. The standard InChI is InChI=1S/C20H16N4O5S/c1-30(28,29)17-7-3-2-6-16(17)24-18-15(5-4-9-22-18)19(26)23(20(24)27)12-13-11-14(25)8-10-21-13/h2-11H,12H2,1H3,(H,21,25). The molecule has 10 heteroatoms. The molecular formula is C20H16N4O5S. The Labute approximate surface area is 169 Å². The molecule has 0 radical (unpaired) electrons. The fraction of sp³-hybridized carbons (Fsp3) is 0.100. The minimum Gasteiger partial charge on any atom is -0.363 e. The molecule has 1 aromatic carbocycles. The maximum atomic E-state index is 13.4. The van der Waals surface area contributed by atoms with Gasteiger partial charge in [-0.1, -0.05) is 12.1 Å². The van der Waals surface area contributed by atoms with Crippen molar-refractivity contribution in [2.45, 2.75) is 11.4 Å². The Morgan fingerprint density at radius 3 is 2.53 bits per heavy atom. The van der Waals surface area contributed by atoms with Gasteiger partial charge in [0.2, 0.25) is 0 Å². The summed E-state index contributed by atoms with van der Waals surface area (Å²) in [4.78, 5) is 44.9. The van der Waals surface area contributed by atoms with E-state index in [1.54, 1.807) is 18.2 Å². The highest BCUT2D eigenvalue weighted by molar-refractivity contribution is 7.90. The average Bonchev–Trinajstić information content (AvgIpc) is 2.71. The molecule has 0 spiro atoms. The third-order valence-corrected chi connectivity index (χ3v) is 5.71. The minimum atomic E-state index is -3.68. The van der Waals surface area contributed by atoms with Crippen molar-refractivity contribution in [1.29, 1.82) is 0 Å². The van der Waals surface area contributed by atoms with E-state index >= 15 is 0 Å². The number of fused-ring (bicyclic) bond motifs is 1. The summed E-state index contributed by atoms with van der Waals surface area (Å²) in [6, 6.07) is 11.7. The van der Waals surface area contributed by atoms with Gasteiger partial charge in [0.1, 0.15) is 0 Å². The number of nitrogens with zero attached hydrogens (tertiary/aromatic N) is 3. The first-order chi connectivity index (χ1) is 14.3. The fourth-order valence-corrected chi connectivity index (χ4v) is 4.12. The van der Waals surface area contributed by atoms with Crippen molar-refractivity contribution in [2.24, 2.45) is 0 Å². The summed E-state index contributed by atoms with van der Waals surface area (Å²) >= 11 is 0. The van der Waals surface area contributed by atoms with E-state index in [0.717, 1.165) is 15.4 Å².